The first kappa shape index (κ1) is 48.0. The molecule has 0 aliphatic carbocycles. The van der Waals surface area contributed by atoms with Crippen LogP contribution in [0.4, 0.5) is 0 Å². The third-order valence-electron chi connectivity index (χ3n) is 0. The third-order valence-corrected chi connectivity index (χ3v) is 0. The number of rotatable bonds is 0. The molecule has 0 N–H and O–H groups in total. The molecule has 0 saturated carbocycles. The van der Waals surface area contributed by atoms with Crippen molar-refractivity contribution in [3.8, 4) is 0 Å². The van der Waals surface area contributed by atoms with Crippen LogP contribution < -0.4 is 0 Å². The Bertz CT molecular complexity index is 3.61. The van der Waals surface area contributed by atoms with E-state index in [1.54, 1.807) is 0 Å². The summed E-state index contributed by atoms with van der Waals surface area (Å²) in [7, 11) is 0. The molecule has 0 unspecified atom stereocenters. The van der Waals surface area contributed by atoms with Gasteiger partial charge in [-0.2, -0.15) is 0 Å². The fraction of sp³-hybridized carbons (Fsp3) is 0. The molecule has 0 bridgehead atoms. The van der Waals surface area contributed by atoms with Crippen LogP contribution in [0.5, 0.6) is 0 Å². The summed E-state index contributed by atoms with van der Waals surface area (Å²) in [5.41, 5.74) is 0. The van der Waals surface area contributed by atoms with Gasteiger partial charge < -0.3 is 0 Å². The van der Waals surface area contributed by atoms with Gasteiger partial charge in [0.25, 0.3) is 0 Å². The Balaban J connectivity index is 0. The number of hydrogen-bond donors (Lipinski definition) is 0. The van der Waals surface area contributed by atoms with E-state index < -0.39 is 0 Å². The van der Waals surface area contributed by atoms with Crippen LogP contribution in [0.25, 0.3) is 0 Å². The molecular formula is Al4Cr. The van der Waals surface area contributed by atoms with Gasteiger partial charge in [0, 0.05) is 86.8 Å². The predicted octanol–water partition coefficient (Wildman–Crippen LogP) is -1.53. The Morgan fingerprint density at radius 1 is 0.400 bits per heavy atom. The summed E-state index contributed by atoms with van der Waals surface area (Å²) in [6.45, 7) is 0. The minimum Gasteiger partial charge on any atom is 0 e. The Hall–Kier alpha value is 2.66. The van der Waals surface area contributed by atoms with Gasteiger partial charge in [0.05, 0.1) is 0 Å². The summed E-state index contributed by atoms with van der Waals surface area (Å²) < 4.78 is 0. The van der Waals surface area contributed by atoms with Gasteiger partial charge >= 0.3 is 0 Å². The van der Waals surface area contributed by atoms with Gasteiger partial charge in [-0.25, -0.2) is 0 Å². The molecule has 18 valence electrons. The Labute approximate surface area is 85.7 Å². The maximum Gasteiger partial charge on any atom is 0 e. The quantitative estimate of drug-likeness (QED) is 0.377. The van der Waals surface area contributed by atoms with E-state index in [-0.39, 0.29) is 86.8 Å². The average molecular weight is 160 g/mol. The summed E-state index contributed by atoms with van der Waals surface area (Å²) in [6, 6.07) is 0. The zero-order valence-electron chi connectivity index (χ0n) is 2.72. The molecule has 5 heteroatoms. The Morgan fingerprint density at radius 3 is 0.400 bits per heavy atom. The fourth-order valence-electron chi connectivity index (χ4n) is 0. The van der Waals surface area contributed by atoms with Crippen LogP contribution in [0, 0.1) is 0 Å². The van der Waals surface area contributed by atoms with Crippen molar-refractivity contribution in [2.75, 3.05) is 0 Å². The molecule has 5 heavy (non-hydrogen) atoms. The standard InChI is InChI=1S/4Al.Cr. The molecule has 0 spiro atoms. The second-order valence-corrected chi connectivity index (χ2v) is 0. The van der Waals surface area contributed by atoms with Crippen molar-refractivity contribution in [2.24, 2.45) is 0 Å². The fourth-order valence-corrected chi connectivity index (χ4v) is 0. The topological polar surface area (TPSA) is 0 Å². The van der Waals surface area contributed by atoms with Crippen molar-refractivity contribution in [3.05, 3.63) is 0 Å². The molecule has 0 saturated heterocycles. The predicted molar refractivity (Wildman–Crippen MR) is 23.0 cm³/mol. The van der Waals surface area contributed by atoms with Crippen molar-refractivity contribution >= 4 is 69.4 Å². The minimum absolute atomic E-state index is 0. The van der Waals surface area contributed by atoms with Crippen LogP contribution in [0.1, 0.15) is 0 Å². The summed E-state index contributed by atoms with van der Waals surface area (Å²) in [6.07, 6.45) is 0. The molecule has 0 atom stereocenters. The van der Waals surface area contributed by atoms with E-state index >= 15 is 0 Å². The van der Waals surface area contributed by atoms with Gasteiger partial charge in [-0.3, -0.25) is 0 Å². The molecule has 0 fully saturated rings. The second kappa shape index (κ2) is 30.1. The second-order valence-electron chi connectivity index (χ2n) is 0. The average Bonchev–Trinajstić information content (AvgIpc) is 0. The minimum atomic E-state index is 0. The van der Waals surface area contributed by atoms with E-state index in [9.17, 15) is 0 Å². The molecule has 0 nitrogen and oxygen atoms in total. The molecule has 12 radical (unpaired) electrons. The Kier molecular flexibility index (Phi) is 289. The third kappa shape index (κ3) is 20.4. The van der Waals surface area contributed by atoms with Crippen LogP contribution >= 0.6 is 0 Å². The van der Waals surface area contributed by atoms with E-state index in [2.05, 4.69) is 0 Å². The smallest absolute Gasteiger partial charge is 0 e. The molecular weight excluding hydrogens is 160 g/mol. The van der Waals surface area contributed by atoms with E-state index in [1.807, 2.05) is 0 Å². The monoisotopic (exact) mass is 160 g/mol. The van der Waals surface area contributed by atoms with E-state index in [4.69, 9.17) is 0 Å². The molecule has 0 amide bonds. The van der Waals surface area contributed by atoms with Gasteiger partial charge in [-0.1, -0.05) is 0 Å². The van der Waals surface area contributed by atoms with Crippen LogP contribution in [-0.4, -0.2) is 69.4 Å². The Morgan fingerprint density at radius 2 is 0.400 bits per heavy atom. The molecule has 0 aliphatic heterocycles. The van der Waals surface area contributed by atoms with E-state index in [0.29, 0.717) is 0 Å². The molecule has 0 aliphatic rings. The largest absolute Gasteiger partial charge is 0 e. The van der Waals surface area contributed by atoms with Crippen molar-refractivity contribution in [2.45, 2.75) is 0 Å². The number of hydrogen-bond acceptors (Lipinski definition) is 0. The van der Waals surface area contributed by atoms with Gasteiger partial charge in [0.2, 0.25) is 0 Å². The first-order chi connectivity index (χ1) is 0. The van der Waals surface area contributed by atoms with Gasteiger partial charge in [-0.05, 0) is 0 Å². The maximum absolute atomic E-state index is 0. The molecule has 0 aromatic heterocycles. The van der Waals surface area contributed by atoms with E-state index in [0.717, 1.165) is 0 Å². The first-order valence-electron chi connectivity index (χ1n) is 0. The summed E-state index contributed by atoms with van der Waals surface area (Å²) in [5.74, 6) is 0. The molecule has 0 aromatic carbocycles. The van der Waals surface area contributed by atoms with Crippen molar-refractivity contribution in [3.63, 3.8) is 0 Å². The maximum atomic E-state index is 0. The zero-order valence-corrected chi connectivity index (χ0v) is 8.61. The molecule has 0 heterocycles. The normalized spacial score (nSPS) is 0. The molecule has 0 rings (SSSR count). The van der Waals surface area contributed by atoms with Crippen LogP contribution in [0.2, 0.25) is 0 Å². The summed E-state index contributed by atoms with van der Waals surface area (Å²) in [5, 5.41) is 0. The van der Waals surface area contributed by atoms with Crippen LogP contribution in [0.3, 0.4) is 0 Å². The summed E-state index contributed by atoms with van der Waals surface area (Å²) >= 11 is 0. The van der Waals surface area contributed by atoms with E-state index in [1.165, 1.54) is 0 Å². The van der Waals surface area contributed by atoms with Crippen molar-refractivity contribution < 1.29 is 17.4 Å². The zero-order chi connectivity index (χ0) is 0. The van der Waals surface area contributed by atoms with Crippen LogP contribution in [-0.2, 0) is 17.4 Å². The molecule has 0 aromatic rings. The first-order valence-corrected chi connectivity index (χ1v) is 0. The SMILES string of the molecule is [Al].[Al].[Al].[Al].[Cr]. The van der Waals surface area contributed by atoms with Crippen molar-refractivity contribution in [1.82, 2.24) is 0 Å². The van der Waals surface area contributed by atoms with Gasteiger partial charge in [-0.15, -0.1) is 0 Å². The summed E-state index contributed by atoms with van der Waals surface area (Å²) in [4.78, 5) is 0. The van der Waals surface area contributed by atoms with Crippen molar-refractivity contribution in [1.29, 1.82) is 0 Å². The van der Waals surface area contributed by atoms with Gasteiger partial charge in [0.15, 0.2) is 0 Å². The van der Waals surface area contributed by atoms with Crippen LogP contribution in [0.15, 0.2) is 0 Å². The van der Waals surface area contributed by atoms with Gasteiger partial charge in [0.1, 0.15) is 0 Å².